The van der Waals surface area contributed by atoms with E-state index in [2.05, 4.69) is 48.5 Å². The molecule has 0 radical (unpaired) electrons. The third kappa shape index (κ3) is 74.9. The van der Waals surface area contributed by atoms with Crippen molar-refractivity contribution in [2.24, 2.45) is 17.8 Å². The Bertz CT molecular complexity index is 1980. The molecule has 0 saturated heterocycles. The number of carbonyl (C=O) groups excluding carboxylic acids is 4. The van der Waals surface area contributed by atoms with Crippen LogP contribution in [0.2, 0.25) is 0 Å². The van der Waals surface area contributed by atoms with Gasteiger partial charge in [0.15, 0.2) is 12.2 Å². The molecule has 0 saturated carbocycles. The van der Waals surface area contributed by atoms with Crippen molar-refractivity contribution in [3.8, 4) is 0 Å². The first-order valence-electron chi connectivity index (χ1n) is 42.9. The van der Waals surface area contributed by atoms with Gasteiger partial charge in [0.05, 0.1) is 26.4 Å². The molecule has 6 atom stereocenters. The Kier molecular flexibility index (Phi) is 71.8. The smallest absolute Gasteiger partial charge is 0.462 e. The summed E-state index contributed by atoms with van der Waals surface area (Å²) in [6, 6.07) is 0. The van der Waals surface area contributed by atoms with Gasteiger partial charge in [-0.3, -0.25) is 37.3 Å². The number of phosphoric ester groups is 2. The average Bonchev–Trinajstić information content (AvgIpc) is 0.914. The molecule has 0 amide bonds. The van der Waals surface area contributed by atoms with E-state index in [0.29, 0.717) is 31.6 Å². The van der Waals surface area contributed by atoms with Crippen molar-refractivity contribution in [3.05, 3.63) is 0 Å². The third-order valence-electron chi connectivity index (χ3n) is 19.7. The van der Waals surface area contributed by atoms with Gasteiger partial charge in [-0.05, 0) is 43.4 Å². The Hall–Kier alpha value is -1.94. The van der Waals surface area contributed by atoms with E-state index in [-0.39, 0.29) is 25.7 Å². The summed E-state index contributed by atoms with van der Waals surface area (Å²) in [5.41, 5.74) is 0. The van der Waals surface area contributed by atoms with Gasteiger partial charge in [-0.1, -0.05) is 382 Å². The zero-order chi connectivity index (χ0) is 75.1. The molecule has 606 valence electrons. The molecule has 0 aliphatic carbocycles. The van der Waals surface area contributed by atoms with Gasteiger partial charge in [0.1, 0.15) is 19.3 Å². The van der Waals surface area contributed by atoms with E-state index in [0.717, 1.165) is 108 Å². The van der Waals surface area contributed by atoms with Crippen LogP contribution in [0.4, 0.5) is 0 Å². The first-order chi connectivity index (χ1) is 49.3. The molecule has 19 heteroatoms. The van der Waals surface area contributed by atoms with Crippen molar-refractivity contribution in [1.82, 2.24) is 0 Å². The van der Waals surface area contributed by atoms with E-state index in [1.807, 2.05) is 0 Å². The summed E-state index contributed by atoms with van der Waals surface area (Å²) in [5.74, 6) is 0.174. The van der Waals surface area contributed by atoms with Crippen LogP contribution >= 0.6 is 15.6 Å². The molecule has 0 aromatic carbocycles. The van der Waals surface area contributed by atoms with Crippen LogP contribution in [-0.2, 0) is 65.4 Å². The number of aliphatic hydroxyl groups is 1. The fraction of sp³-hybridized carbons (Fsp3) is 0.952. The van der Waals surface area contributed by atoms with Gasteiger partial charge in [0.25, 0.3) is 0 Å². The Balaban J connectivity index is 5.21. The first-order valence-corrected chi connectivity index (χ1v) is 45.9. The lowest BCUT2D eigenvalue weighted by Crippen LogP contribution is -2.30. The largest absolute Gasteiger partial charge is 0.472 e. The minimum absolute atomic E-state index is 0.104. The van der Waals surface area contributed by atoms with E-state index < -0.39 is 97.5 Å². The molecule has 17 nitrogen and oxygen atoms in total. The SMILES string of the molecule is CCCCCCCCCCCCCCCCCCCCCCCC(=O)O[C@H](COC(=O)CCCCCCCCCCCCCCCCCCC(C)C)COP(=O)(O)OC[C@@H](O)COP(=O)(O)OC[C@@H](COC(=O)CCCCCCCCCC(C)C)OC(=O)CCCCCCCCCCC(C)CC. The molecular formula is C83H162O17P2. The van der Waals surface area contributed by atoms with Crippen molar-refractivity contribution in [3.63, 3.8) is 0 Å². The Morgan fingerprint density at radius 2 is 0.500 bits per heavy atom. The van der Waals surface area contributed by atoms with Gasteiger partial charge < -0.3 is 33.8 Å². The lowest BCUT2D eigenvalue weighted by molar-refractivity contribution is -0.161. The zero-order valence-corrected chi connectivity index (χ0v) is 68.9. The Morgan fingerprint density at radius 1 is 0.284 bits per heavy atom. The van der Waals surface area contributed by atoms with Gasteiger partial charge in [0.2, 0.25) is 0 Å². The minimum Gasteiger partial charge on any atom is -0.462 e. The number of unbranched alkanes of at least 4 members (excludes halogenated alkanes) is 48. The van der Waals surface area contributed by atoms with Gasteiger partial charge >= 0.3 is 39.5 Å². The number of hydrogen-bond acceptors (Lipinski definition) is 15. The first kappa shape index (κ1) is 100. The van der Waals surface area contributed by atoms with Crippen molar-refractivity contribution in [1.29, 1.82) is 0 Å². The van der Waals surface area contributed by atoms with Crippen molar-refractivity contribution in [2.45, 2.75) is 452 Å². The fourth-order valence-electron chi connectivity index (χ4n) is 12.8. The topological polar surface area (TPSA) is 237 Å². The lowest BCUT2D eigenvalue weighted by atomic mass is 9.99. The summed E-state index contributed by atoms with van der Waals surface area (Å²) in [7, 11) is -9.92. The van der Waals surface area contributed by atoms with Gasteiger partial charge in [-0.15, -0.1) is 0 Å². The molecule has 0 bridgehead atoms. The average molecular weight is 1490 g/mol. The molecule has 3 unspecified atom stereocenters. The van der Waals surface area contributed by atoms with Crippen molar-refractivity contribution >= 4 is 39.5 Å². The molecule has 3 N–H and O–H groups in total. The van der Waals surface area contributed by atoms with E-state index in [1.165, 1.54) is 238 Å². The third-order valence-corrected chi connectivity index (χ3v) is 21.6. The van der Waals surface area contributed by atoms with Crippen LogP contribution in [0, 0.1) is 17.8 Å². The molecule has 0 aliphatic heterocycles. The van der Waals surface area contributed by atoms with Crippen molar-refractivity contribution in [2.75, 3.05) is 39.6 Å². The fourth-order valence-corrected chi connectivity index (χ4v) is 14.4. The predicted octanol–water partition coefficient (Wildman–Crippen LogP) is 24.9. The maximum atomic E-state index is 13.1. The summed E-state index contributed by atoms with van der Waals surface area (Å²) in [4.78, 5) is 73.0. The summed E-state index contributed by atoms with van der Waals surface area (Å²) in [6.07, 6.45) is 62.7. The number of esters is 4. The summed E-state index contributed by atoms with van der Waals surface area (Å²) < 4.78 is 68.7. The second-order valence-electron chi connectivity index (χ2n) is 31.1. The van der Waals surface area contributed by atoms with Gasteiger partial charge in [-0.2, -0.15) is 0 Å². The van der Waals surface area contributed by atoms with Gasteiger partial charge in [-0.25, -0.2) is 9.13 Å². The maximum absolute atomic E-state index is 13.1. The van der Waals surface area contributed by atoms with Crippen LogP contribution in [0.1, 0.15) is 434 Å². The highest BCUT2D eigenvalue weighted by Gasteiger charge is 2.30. The van der Waals surface area contributed by atoms with Crippen LogP contribution in [0.25, 0.3) is 0 Å². The van der Waals surface area contributed by atoms with E-state index in [4.69, 9.17) is 37.0 Å². The van der Waals surface area contributed by atoms with Crippen LogP contribution in [0.15, 0.2) is 0 Å². The number of carbonyl (C=O) groups is 4. The number of rotatable bonds is 81. The van der Waals surface area contributed by atoms with Crippen LogP contribution in [-0.4, -0.2) is 96.7 Å². The minimum atomic E-state index is -4.96. The molecule has 0 spiro atoms. The Labute approximate surface area is 626 Å². The summed E-state index contributed by atoms with van der Waals surface area (Å²) in [5, 5.41) is 10.6. The maximum Gasteiger partial charge on any atom is 0.472 e. The van der Waals surface area contributed by atoms with E-state index in [9.17, 15) is 43.2 Å². The highest BCUT2D eigenvalue weighted by Crippen LogP contribution is 2.45. The molecule has 0 aliphatic rings. The quantitative estimate of drug-likeness (QED) is 0.0222. The highest BCUT2D eigenvalue weighted by atomic mass is 31.2. The molecule has 0 aromatic heterocycles. The number of phosphoric acid groups is 2. The standard InChI is InChI=1S/C83H162O17P2/c1-8-10-11-12-13-14-15-16-17-18-19-20-21-22-27-30-33-36-44-52-59-66-82(87)99-78(70-93-80(85)64-57-50-43-35-32-29-26-24-23-25-28-31-34-40-47-54-61-74(3)4)72-97-101(89,90)95-68-77(84)69-96-102(91,92)98-73-79(71-94-81(86)65-58-51-46-39-41-48-55-62-75(5)6)100-83(88)67-60-53-45-38-37-42-49-56-63-76(7)9-2/h74-79,84H,8-73H2,1-7H3,(H,89,90)(H,91,92)/t76?,77-,78-,79-/m1/s1. The molecule has 0 aromatic rings. The molecular weight excluding hydrogens is 1330 g/mol. The van der Waals surface area contributed by atoms with Crippen LogP contribution < -0.4 is 0 Å². The second-order valence-corrected chi connectivity index (χ2v) is 34.0. The van der Waals surface area contributed by atoms with Crippen LogP contribution in [0.3, 0.4) is 0 Å². The van der Waals surface area contributed by atoms with E-state index >= 15 is 0 Å². The number of hydrogen-bond donors (Lipinski definition) is 3. The van der Waals surface area contributed by atoms with Crippen LogP contribution in [0.5, 0.6) is 0 Å². The molecule has 0 rings (SSSR count). The van der Waals surface area contributed by atoms with Crippen molar-refractivity contribution < 1.29 is 80.2 Å². The monoisotopic (exact) mass is 1490 g/mol. The molecule has 0 fully saturated rings. The highest BCUT2D eigenvalue weighted by molar-refractivity contribution is 7.47. The molecule has 102 heavy (non-hydrogen) atoms. The second kappa shape index (κ2) is 73.2. The number of aliphatic hydroxyl groups excluding tert-OH is 1. The summed E-state index contributed by atoms with van der Waals surface area (Å²) in [6.45, 7) is 11.9. The normalized spacial score (nSPS) is 14.2. The van der Waals surface area contributed by atoms with Gasteiger partial charge in [0, 0.05) is 25.7 Å². The lowest BCUT2D eigenvalue weighted by Gasteiger charge is -2.21. The van der Waals surface area contributed by atoms with E-state index in [1.54, 1.807) is 0 Å². The predicted molar refractivity (Wildman–Crippen MR) is 418 cm³/mol. The Morgan fingerprint density at radius 3 is 0.745 bits per heavy atom. The summed E-state index contributed by atoms with van der Waals surface area (Å²) >= 11 is 0. The zero-order valence-electron chi connectivity index (χ0n) is 67.1. The molecule has 0 heterocycles. The number of ether oxygens (including phenoxy) is 4.